The fourth-order valence-corrected chi connectivity index (χ4v) is 2.76. The maximum absolute atomic E-state index is 12.2. The molecule has 0 spiro atoms. The van der Waals surface area contributed by atoms with Crippen LogP contribution >= 0.6 is 12.2 Å². The number of benzene rings is 1. The zero-order valence-corrected chi connectivity index (χ0v) is 11.5. The van der Waals surface area contributed by atoms with Gasteiger partial charge >= 0.3 is 0 Å². The van der Waals surface area contributed by atoms with Crippen LogP contribution in [0.5, 0.6) is 0 Å². The molecule has 3 N–H and O–H groups in total. The van der Waals surface area contributed by atoms with E-state index in [-0.39, 0.29) is 10.6 Å². The molecule has 2 unspecified atom stereocenters. The van der Waals surface area contributed by atoms with Gasteiger partial charge in [0.15, 0.2) is 4.77 Å². The molecule has 1 aliphatic heterocycles. The molecule has 0 radical (unpaired) electrons. The highest BCUT2D eigenvalue weighted by Gasteiger charge is 2.39. The highest BCUT2D eigenvalue weighted by molar-refractivity contribution is 7.71. The Labute approximate surface area is 124 Å². The van der Waals surface area contributed by atoms with E-state index in [1.165, 1.54) is 0 Å². The van der Waals surface area contributed by atoms with E-state index in [9.17, 15) is 14.9 Å². The average Bonchev–Trinajstić information content (AvgIpc) is 2.46. The quantitative estimate of drug-likeness (QED) is 0.697. The minimum Gasteiger partial charge on any atom is -0.318 e. The first kappa shape index (κ1) is 13.3. The number of H-pyrrole nitrogens is 2. The van der Waals surface area contributed by atoms with Gasteiger partial charge in [-0.3, -0.25) is 14.6 Å². The molecule has 21 heavy (non-hydrogen) atoms. The van der Waals surface area contributed by atoms with Gasteiger partial charge in [-0.1, -0.05) is 30.3 Å². The SMILES string of the molecule is N#CC1C(=O)Nc2[nH]c(=S)[nH]c(=O)c2C1c1ccccc1. The third kappa shape index (κ3) is 2.15. The van der Waals surface area contributed by atoms with Crippen molar-refractivity contribution < 1.29 is 4.79 Å². The summed E-state index contributed by atoms with van der Waals surface area (Å²) in [5.41, 5.74) is 0.653. The van der Waals surface area contributed by atoms with Gasteiger partial charge in [0.2, 0.25) is 5.91 Å². The lowest BCUT2D eigenvalue weighted by Gasteiger charge is -2.28. The van der Waals surface area contributed by atoms with Crippen molar-refractivity contribution in [2.24, 2.45) is 5.92 Å². The van der Waals surface area contributed by atoms with Crippen LogP contribution < -0.4 is 10.9 Å². The number of rotatable bonds is 1. The summed E-state index contributed by atoms with van der Waals surface area (Å²) >= 11 is 4.91. The summed E-state index contributed by atoms with van der Waals surface area (Å²) in [5.74, 6) is -1.79. The van der Waals surface area contributed by atoms with Crippen LogP contribution in [0.25, 0.3) is 0 Å². The number of nitriles is 1. The molecule has 0 bridgehead atoms. The van der Waals surface area contributed by atoms with Crippen molar-refractivity contribution in [1.29, 1.82) is 5.26 Å². The fraction of sp³-hybridized carbons (Fsp3) is 0.143. The predicted octanol–water partition coefficient (Wildman–Crippen LogP) is 1.66. The van der Waals surface area contributed by atoms with Crippen LogP contribution in [-0.4, -0.2) is 15.9 Å². The molecule has 104 valence electrons. The Kier molecular flexibility index (Phi) is 3.16. The van der Waals surface area contributed by atoms with Gasteiger partial charge in [-0.15, -0.1) is 0 Å². The van der Waals surface area contributed by atoms with Gasteiger partial charge in [0.25, 0.3) is 5.56 Å². The normalized spacial score (nSPS) is 20.2. The summed E-state index contributed by atoms with van der Waals surface area (Å²) in [6.07, 6.45) is 0. The topological polar surface area (TPSA) is 102 Å². The van der Waals surface area contributed by atoms with Crippen LogP contribution in [0.4, 0.5) is 5.82 Å². The van der Waals surface area contributed by atoms with Gasteiger partial charge in [-0.05, 0) is 17.8 Å². The Balaban J connectivity index is 2.31. The molecule has 1 aliphatic rings. The summed E-state index contributed by atoms with van der Waals surface area (Å²) in [5, 5.41) is 11.8. The summed E-state index contributed by atoms with van der Waals surface area (Å²) in [6.45, 7) is 0. The van der Waals surface area contributed by atoms with Crippen LogP contribution in [-0.2, 0) is 4.79 Å². The van der Waals surface area contributed by atoms with Crippen LogP contribution in [0.2, 0.25) is 0 Å². The largest absolute Gasteiger partial charge is 0.318 e. The first-order valence-electron chi connectivity index (χ1n) is 6.23. The number of carbonyl (C=O) groups excluding carboxylic acids is 1. The van der Waals surface area contributed by atoms with Crippen molar-refractivity contribution in [3.05, 3.63) is 56.6 Å². The molecular formula is C14H10N4O2S. The molecule has 7 heteroatoms. The number of carbonyl (C=O) groups is 1. The molecule has 0 aliphatic carbocycles. The molecule has 1 aromatic carbocycles. The lowest BCUT2D eigenvalue weighted by Crippen LogP contribution is -2.38. The van der Waals surface area contributed by atoms with Crippen molar-refractivity contribution in [3.8, 4) is 6.07 Å². The number of anilines is 1. The lowest BCUT2D eigenvalue weighted by molar-refractivity contribution is -0.119. The number of fused-ring (bicyclic) bond motifs is 1. The minimum absolute atomic E-state index is 0.126. The van der Waals surface area contributed by atoms with E-state index in [0.29, 0.717) is 5.56 Å². The van der Waals surface area contributed by atoms with Gasteiger partial charge in [0.05, 0.1) is 11.6 Å². The number of aromatic amines is 2. The molecule has 2 heterocycles. The van der Waals surface area contributed by atoms with E-state index in [1.807, 2.05) is 12.1 Å². The van der Waals surface area contributed by atoms with Crippen molar-refractivity contribution in [3.63, 3.8) is 0 Å². The lowest BCUT2D eigenvalue weighted by atomic mass is 9.79. The molecule has 6 nitrogen and oxygen atoms in total. The van der Waals surface area contributed by atoms with Gasteiger partial charge < -0.3 is 10.3 Å². The van der Waals surface area contributed by atoms with Crippen LogP contribution in [0, 0.1) is 22.0 Å². The number of hydrogen-bond donors (Lipinski definition) is 3. The summed E-state index contributed by atoms with van der Waals surface area (Å²) in [6, 6.07) is 11.0. The average molecular weight is 298 g/mol. The Morgan fingerprint density at radius 2 is 1.86 bits per heavy atom. The molecule has 2 aromatic rings. The van der Waals surface area contributed by atoms with E-state index < -0.39 is 23.3 Å². The molecular weight excluding hydrogens is 288 g/mol. The summed E-state index contributed by atoms with van der Waals surface area (Å²) in [4.78, 5) is 29.6. The molecule has 1 aromatic heterocycles. The third-order valence-corrected chi connectivity index (χ3v) is 3.66. The number of hydrogen-bond acceptors (Lipinski definition) is 4. The van der Waals surface area contributed by atoms with Gasteiger partial charge in [-0.25, -0.2) is 0 Å². The highest BCUT2D eigenvalue weighted by atomic mass is 32.1. The molecule has 2 atom stereocenters. The maximum atomic E-state index is 12.2. The summed E-state index contributed by atoms with van der Waals surface area (Å²) in [7, 11) is 0. The molecule has 0 saturated carbocycles. The minimum atomic E-state index is -0.967. The fourth-order valence-electron chi connectivity index (χ4n) is 2.56. The first-order valence-corrected chi connectivity index (χ1v) is 6.64. The molecule has 1 amide bonds. The Hall–Kier alpha value is -2.72. The van der Waals surface area contributed by atoms with E-state index in [2.05, 4.69) is 15.3 Å². The highest BCUT2D eigenvalue weighted by Crippen LogP contribution is 2.37. The van der Waals surface area contributed by atoms with Crippen molar-refractivity contribution >= 4 is 23.9 Å². The number of nitrogens with zero attached hydrogens (tertiary/aromatic N) is 1. The van der Waals surface area contributed by atoms with Gasteiger partial charge in [0, 0.05) is 5.92 Å². The second-order valence-electron chi connectivity index (χ2n) is 4.68. The third-order valence-electron chi connectivity index (χ3n) is 3.45. The predicted molar refractivity (Wildman–Crippen MR) is 78.3 cm³/mol. The number of aromatic nitrogens is 2. The van der Waals surface area contributed by atoms with Crippen molar-refractivity contribution in [1.82, 2.24) is 9.97 Å². The molecule has 0 fully saturated rings. The molecule has 3 rings (SSSR count). The van der Waals surface area contributed by atoms with Crippen LogP contribution in [0.1, 0.15) is 17.0 Å². The second-order valence-corrected chi connectivity index (χ2v) is 5.09. The smallest absolute Gasteiger partial charge is 0.257 e. The monoisotopic (exact) mass is 298 g/mol. The standard InChI is InChI=1S/C14H10N4O2S/c15-6-8-9(7-4-2-1-3-5-7)10-11(16-12(8)19)17-14(21)18-13(10)20/h1-5,8-9H,(H3,16,17,18,19,20,21). The number of amides is 1. The zero-order valence-electron chi connectivity index (χ0n) is 10.7. The molecule has 0 saturated heterocycles. The Morgan fingerprint density at radius 1 is 1.14 bits per heavy atom. The zero-order chi connectivity index (χ0) is 15.0. The van der Waals surface area contributed by atoms with Crippen LogP contribution in [0.15, 0.2) is 35.1 Å². The summed E-state index contributed by atoms with van der Waals surface area (Å²) < 4.78 is 0.126. The van der Waals surface area contributed by atoms with E-state index >= 15 is 0 Å². The van der Waals surface area contributed by atoms with E-state index in [0.717, 1.165) is 5.56 Å². The number of nitrogens with one attached hydrogen (secondary N) is 3. The Bertz CT molecular complexity index is 863. The van der Waals surface area contributed by atoms with Gasteiger partial charge in [-0.2, -0.15) is 5.26 Å². The van der Waals surface area contributed by atoms with Crippen molar-refractivity contribution in [2.45, 2.75) is 5.92 Å². The first-order chi connectivity index (χ1) is 10.1. The van der Waals surface area contributed by atoms with Gasteiger partial charge in [0.1, 0.15) is 11.7 Å². The van der Waals surface area contributed by atoms with Crippen LogP contribution in [0.3, 0.4) is 0 Å². The van der Waals surface area contributed by atoms with Crippen molar-refractivity contribution in [2.75, 3.05) is 5.32 Å². The van der Waals surface area contributed by atoms with E-state index in [4.69, 9.17) is 12.2 Å². The van der Waals surface area contributed by atoms with E-state index in [1.54, 1.807) is 24.3 Å². The maximum Gasteiger partial charge on any atom is 0.257 e. The Morgan fingerprint density at radius 3 is 2.52 bits per heavy atom. The second kappa shape index (κ2) is 5.00.